The minimum absolute atomic E-state index is 0.234. The lowest BCUT2D eigenvalue weighted by molar-refractivity contribution is -0.274. The number of hydrogen-bond donors (Lipinski definition) is 0. The molecule has 3 aromatic rings. The number of nitrogens with zero attached hydrogens (tertiary/aromatic N) is 4. The third-order valence-electron chi connectivity index (χ3n) is 5.13. The average molecular weight is 446 g/mol. The second-order valence-electron chi connectivity index (χ2n) is 7.52. The van der Waals surface area contributed by atoms with Crippen LogP contribution in [0.15, 0.2) is 53.1 Å². The van der Waals surface area contributed by atoms with Gasteiger partial charge in [0.25, 0.3) is 5.91 Å². The second kappa shape index (κ2) is 8.99. The number of aryl methyl sites for hydroxylation is 1. The van der Waals surface area contributed by atoms with Crippen LogP contribution in [0.25, 0.3) is 11.4 Å². The van der Waals surface area contributed by atoms with Crippen molar-refractivity contribution >= 4 is 5.91 Å². The highest BCUT2D eigenvalue weighted by Crippen LogP contribution is 2.23. The number of benzene rings is 2. The highest BCUT2D eigenvalue weighted by molar-refractivity contribution is 5.94. The first-order valence-corrected chi connectivity index (χ1v) is 10.0. The Morgan fingerprint density at radius 3 is 2.31 bits per heavy atom. The number of carbonyl (C=O) groups is 1. The topological polar surface area (TPSA) is 71.7 Å². The lowest BCUT2D eigenvalue weighted by atomic mass is 10.1. The summed E-state index contributed by atoms with van der Waals surface area (Å²) in [6.45, 7) is 4.68. The molecule has 0 saturated carbocycles. The summed E-state index contributed by atoms with van der Waals surface area (Å²) >= 11 is 0. The molecule has 7 nitrogen and oxygen atoms in total. The van der Waals surface area contributed by atoms with Crippen LogP contribution in [0.3, 0.4) is 0 Å². The van der Waals surface area contributed by atoms with Gasteiger partial charge >= 0.3 is 6.36 Å². The van der Waals surface area contributed by atoms with Crippen molar-refractivity contribution in [2.45, 2.75) is 19.8 Å². The molecule has 2 heterocycles. The van der Waals surface area contributed by atoms with Crippen molar-refractivity contribution in [1.82, 2.24) is 19.9 Å². The Balaban J connectivity index is 1.29. The fourth-order valence-electron chi connectivity index (χ4n) is 3.42. The Hall–Kier alpha value is -3.40. The van der Waals surface area contributed by atoms with Gasteiger partial charge in [0.05, 0.1) is 6.54 Å². The number of piperazine rings is 1. The van der Waals surface area contributed by atoms with Crippen LogP contribution in [0.2, 0.25) is 0 Å². The molecule has 32 heavy (non-hydrogen) atoms. The molecule has 0 aliphatic carbocycles. The van der Waals surface area contributed by atoms with E-state index in [1.165, 1.54) is 12.1 Å². The van der Waals surface area contributed by atoms with E-state index in [0.717, 1.165) is 23.3 Å². The van der Waals surface area contributed by atoms with Gasteiger partial charge in [-0.3, -0.25) is 9.69 Å². The third-order valence-corrected chi connectivity index (χ3v) is 5.13. The summed E-state index contributed by atoms with van der Waals surface area (Å²) in [7, 11) is 0. The van der Waals surface area contributed by atoms with Crippen molar-refractivity contribution in [2.24, 2.45) is 0 Å². The van der Waals surface area contributed by atoms with E-state index in [1.807, 2.05) is 31.2 Å². The molecule has 1 fully saturated rings. The maximum atomic E-state index is 12.6. The number of rotatable bonds is 5. The van der Waals surface area contributed by atoms with Crippen LogP contribution >= 0.6 is 0 Å². The minimum atomic E-state index is -4.76. The summed E-state index contributed by atoms with van der Waals surface area (Å²) in [6, 6.07) is 12.8. The maximum absolute atomic E-state index is 12.6. The Labute approximate surface area is 182 Å². The van der Waals surface area contributed by atoms with Gasteiger partial charge in [0.15, 0.2) is 0 Å². The van der Waals surface area contributed by atoms with Crippen LogP contribution in [0.5, 0.6) is 5.75 Å². The van der Waals surface area contributed by atoms with E-state index in [1.54, 1.807) is 4.90 Å². The Morgan fingerprint density at radius 2 is 1.69 bits per heavy atom. The molecule has 1 saturated heterocycles. The van der Waals surface area contributed by atoms with Gasteiger partial charge in [-0.2, -0.15) is 4.98 Å². The zero-order valence-electron chi connectivity index (χ0n) is 17.3. The molecule has 0 radical (unpaired) electrons. The van der Waals surface area contributed by atoms with Gasteiger partial charge in [-0.1, -0.05) is 35.0 Å². The molecule has 0 bridgehead atoms. The zero-order valence-corrected chi connectivity index (χ0v) is 17.3. The first kappa shape index (κ1) is 21.8. The van der Waals surface area contributed by atoms with E-state index < -0.39 is 6.36 Å². The predicted octanol–water partition coefficient (Wildman–Crippen LogP) is 3.90. The number of amides is 1. The molecule has 1 amide bonds. The van der Waals surface area contributed by atoms with E-state index in [2.05, 4.69) is 19.8 Å². The summed E-state index contributed by atoms with van der Waals surface area (Å²) in [5.74, 6) is 0.443. The molecular formula is C22H21F3N4O3. The highest BCUT2D eigenvalue weighted by atomic mass is 19.4. The molecule has 2 aromatic carbocycles. The molecule has 168 valence electrons. The molecule has 1 aromatic heterocycles. The number of carbonyl (C=O) groups excluding carboxylic acids is 1. The standard InChI is InChI=1S/C22H21F3N4O3/c1-15-2-4-16(5-3-15)20-26-19(32-27-20)14-28-10-12-29(13-11-28)21(30)17-6-8-18(9-7-17)31-22(23,24)25/h2-9H,10-14H2,1H3. The summed E-state index contributed by atoms with van der Waals surface area (Å²) in [4.78, 5) is 20.9. The Bertz CT molecular complexity index is 1060. The predicted molar refractivity (Wildman–Crippen MR) is 109 cm³/mol. The fourth-order valence-corrected chi connectivity index (χ4v) is 3.42. The van der Waals surface area contributed by atoms with Gasteiger partial charge in [0, 0.05) is 37.3 Å². The lowest BCUT2D eigenvalue weighted by Gasteiger charge is -2.34. The first-order valence-electron chi connectivity index (χ1n) is 10.0. The smallest absolute Gasteiger partial charge is 0.406 e. The summed E-state index contributed by atoms with van der Waals surface area (Å²) < 4.78 is 46.0. The molecule has 1 aliphatic rings. The Kier molecular flexibility index (Phi) is 6.13. The normalized spacial score (nSPS) is 15.1. The van der Waals surface area contributed by atoms with Crippen LogP contribution in [-0.2, 0) is 6.54 Å². The summed E-state index contributed by atoms with van der Waals surface area (Å²) in [5, 5.41) is 4.04. The average Bonchev–Trinajstić information content (AvgIpc) is 3.22. The van der Waals surface area contributed by atoms with Crippen LogP contribution in [0.4, 0.5) is 13.2 Å². The molecule has 0 N–H and O–H groups in total. The number of alkyl halides is 3. The van der Waals surface area contributed by atoms with Crippen molar-refractivity contribution in [2.75, 3.05) is 26.2 Å². The van der Waals surface area contributed by atoms with E-state index in [9.17, 15) is 18.0 Å². The SMILES string of the molecule is Cc1ccc(-c2noc(CN3CCN(C(=O)c4ccc(OC(F)(F)F)cc4)CC3)n2)cc1. The van der Waals surface area contributed by atoms with Gasteiger partial charge in [0.1, 0.15) is 5.75 Å². The molecule has 4 rings (SSSR count). The molecule has 10 heteroatoms. The molecule has 0 unspecified atom stereocenters. The molecule has 0 atom stereocenters. The van der Waals surface area contributed by atoms with Gasteiger partial charge < -0.3 is 14.2 Å². The fraction of sp³-hybridized carbons (Fsp3) is 0.318. The molecular weight excluding hydrogens is 425 g/mol. The first-order chi connectivity index (χ1) is 15.3. The van der Waals surface area contributed by atoms with Crippen LogP contribution in [0, 0.1) is 6.92 Å². The highest BCUT2D eigenvalue weighted by Gasteiger charge is 2.31. The van der Waals surface area contributed by atoms with E-state index in [4.69, 9.17) is 4.52 Å². The van der Waals surface area contributed by atoms with Crippen LogP contribution in [-0.4, -0.2) is 58.4 Å². The van der Waals surface area contributed by atoms with E-state index >= 15 is 0 Å². The van der Waals surface area contributed by atoms with Gasteiger partial charge in [-0.25, -0.2) is 0 Å². The van der Waals surface area contributed by atoms with Crippen molar-refractivity contribution < 1.29 is 27.2 Å². The zero-order chi connectivity index (χ0) is 22.7. The van der Waals surface area contributed by atoms with Crippen LogP contribution < -0.4 is 4.74 Å². The second-order valence-corrected chi connectivity index (χ2v) is 7.52. The van der Waals surface area contributed by atoms with Crippen molar-refractivity contribution in [1.29, 1.82) is 0 Å². The lowest BCUT2D eigenvalue weighted by Crippen LogP contribution is -2.48. The summed E-state index contributed by atoms with van der Waals surface area (Å²) in [5.41, 5.74) is 2.34. The number of aromatic nitrogens is 2. The molecule has 1 aliphatic heterocycles. The van der Waals surface area contributed by atoms with Crippen molar-refractivity contribution in [3.05, 3.63) is 65.5 Å². The quantitative estimate of drug-likeness (QED) is 0.592. The Morgan fingerprint density at radius 1 is 1.03 bits per heavy atom. The number of ether oxygens (including phenoxy) is 1. The third kappa shape index (κ3) is 5.44. The monoisotopic (exact) mass is 446 g/mol. The van der Waals surface area contributed by atoms with Crippen molar-refractivity contribution in [3.63, 3.8) is 0 Å². The van der Waals surface area contributed by atoms with Gasteiger partial charge in [-0.15, -0.1) is 13.2 Å². The van der Waals surface area contributed by atoms with E-state index in [-0.39, 0.29) is 11.7 Å². The largest absolute Gasteiger partial charge is 0.573 e. The number of hydrogen-bond acceptors (Lipinski definition) is 6. The van der Waals surface area contributed by atoms with Gasteiger partial charge in [0.2, 0.25) is 11.7 Å². The van der Waals surface area contributed by atoms with Crippen molar-refractivity contribution in [3.8, 4) is 17.1 Å². The minimum Gasteiger partial charge on any atom is -0.406 e. The van der Waals surface area contributed by atoms with E-state index in [0.29, 0.717) is 50.0 Å². The number of halogens is 3. The maximum Gasteiger partial charge on any atom is 0.573 e. The van der Waals surface area contributed by atoms with Gasteiger partial charge in [-0.05, 0) is 31.2 Å². The molecule has 0 spiro atoms. The summed E-state index contributed by atoms with van der Waals surface area (Å²) in [6.07, 6.45) is -4.76. The van der Waals surface area contributed by atoms with Crippen LogP contribution in [0.1, 0.15) is 21.8 Å².